The molecule has 116 valence electrons. The van der Waals surface area contributed by atoms with E-state index >= 15 is 0 Å². The summed E-state index contributed by atoms with van der Waals surface area (Å²) in [5, 5.41) is 4.43. The molecule has 1 fully saturated rings. The number of rotatable bonds is 4. The predicted molar refractivity (Wildman–Crippen MR) is 85.6 cm³/mol. The molecular weight excluding hydrogens is 276 g/mol. The van der Waals surface area contributed by atoms with E-state index in [9.17, 15) is 4.79 Å². The van der Waals surface area contributed by atoms with Gasteiger partial charge in [0.25, 0.3) is 5.91 Å². The molecule has 0 aliphatic carbocycles. The molecule has 0 spiro atoms. The van der Waals surface area contributed by atoms with Gasteiger partial charge in [-0.2, -0.15) is 5.10 Å². The number of hydrogen-bond donors (Lipinski definition) is 1. The Hall–Kier alpha value is -2.14. The van der Waals surface area contributed by atoms with Crippen LogP contribution in [0.25, 0.3) is 0 Å². The van der Waals surface area contributed by atoms with Gasteiger partial charge in [0.05, 0.1) is 24.0 Å². The van der Waals surface area contributed by atoms with Crippen LogP contribution in [0.3, 0.4) is 0 Å². The van der Waals surface area contributed by atoms with Crippen molar-refractivity contribution in [3.05, 3.63) is 53.3 Å². The predicted octanol–water partition coefficient (Wildman–Crippen LogP) is 1.67. The minimum Gasteiger partial charge on any atom is -0.337 e. The first-order valence-electron chi connectivity index (χ1n) is 7.82. The first-order valence-corrected chi connectivity index (χ1v) is 7.82. The normalized spacial score (nSPS) is 17.9. The molecule has 1 unspecified atom stereocenters. The van der Waals surface area contributed by atoms with Crippen molar-refractivity contribution in [1.29, 1.82) is 0 Å². The van der Waals surface area contributed by atoms with Crippen LogP contribution in [0.4, 0.5) is 0 Å². The quantitative estimate of drug-likeness (QED) is 0.934. The lowest BCUT2D eigenvalue weighted by Crippen LogP contribution is -2.32. The Morgan fingerprint density at radius 3 is 2.77 bits per heavy atom. The minimum absolute atomic E-state index is 0.0594. The molecule has 1 saturated heterocycles. The summed E-state index contributed by atoms with van der Waals surface area (Å²) in [6.07, 6.45) is 3.37. The van der Waals surface area contributed by atoms with Crippen LogP contribution in [0, 0.1) is 0 Å². The molecule has 0 bridgehead atoms. The highest BCUT2D eigenvalue weighted by molar-refractivity contribution is 5.95. The van der Waals surface area contributed by atoms with Crippen molar-refractivity contribution in [2.24, 2.45) is 5.73 Å². The monoisotopic (exact) mass is 298 g/mol. The Morgan fingerprint density at radius 1 is 1.36 bits per heavy atom. The standard InChI is InChI=1S/C17H22N4O/c1-2-16-15(17(22)20-9-8-14(18)12-20)10-19-21(16)11-13-6-4-3-5-7-13/h3-7,10,14H,2,8-9,11-12,18H2,1H3. The maximum Gasteiger partial charge on any atom is 0.257 e. The van der Waals surface area contributed by atoms with E-state index in [4.69, 9.17) is 5.73 Å². The van der Waals surface area contributed by atoms with E-state index in [2.05, 4.69) is 24.2 Å². The highest BCUT2D eigenvalue weighted by Crippen LogP contribution is 2.17. The first-order chi connectivity index (χ1) is 10.7. The van der Waals surface area contributed by atoms with Gasteiger partial charge in [-0.15, -0.1) is 0 Å². The molecule has 22 heavy (non-hydrogen) atoms. The van der Waals surface area contributed by atoms with Crippen LogP contribution in [0.15, 0.2) is 36.5 Å². The lowest BCUT2D eigenvalue weighted by molar-refractivity contribution is 0.0789. The summed E-state index contributed by atoms with van der Waals surface area (Å²) in [4.78, 5) is 14.5. The Kier molecular flexibility index (Phi) is 4.24. The summed E-state index contributed by atoms with van der Waals surface area (Å²) in [6.45, 7) is 4.14. The minimum atomic E-state index is 0.0594. The van der Waals surface area contributed by atoms with E-state index in [1.54, 1.807) is 6.20 Å². The molecule has 1 aliphatic heterocycles. The maximum absolute atomic E-state index is 12.7. The summed E-state index contributed by atoms with van der Waals surface area (Å²) in [7, 11) is 0. The molecule has 2 N–H and O–H groups in total. The second kappa shape index (κ2) is 6.32. The second-order valence-electron chi connectivity index (χ2n) is 5.80. The van der Waals surface area contributed by atoms with Crippen molar-refractivity contribution in [2.45, 2.75) is 32.4 Å². The molecule has 1 aromatic heterocycles. The molecule has 1 aliphatic rings. The molecule has 1 amide bonds. The van der Waals surface area contributed by atoms with Gasteiger partial charge in [0.1, 0.15) is 0 Å². The third-order valence-electron chi connectivity index (χ3n) is 4.20. The Morgan fingerprint density at radius 2 is 2.14 bits per heavy atom. The number of aromatic nitrogens is 2. The van der Waals surface area contributed by atoms with Crippen LogP contribution in [-0.4, -0.2) is 39.7 Å². The van der Waals surface area contributed by atoms with E-state index in [1.807, 2.05) is 27.8 Å². The topological polar surface area (TPSA) is 64.2 Å². The van der Waals surface area contributed by atoms with Crippen LogP contribution in [-0.2, 0) is 13.0 Å². The van der Waals surface area contributed by atoms with Gasteiger partial charge in [0.15, 0.2) is 0 Å². The second-order valence-corrected chi connectivity index (χ2v) is 5.80. The van der Waals surface area contributed by atoms with Gasteiger partial charge >= 0.3 is 0 Å². The summed E-state index contributed by atoms with van der Waals surface area (Å²) in [5.74, 6) is 0.0594. The fourth-order valence-corrected chi connectivity index (χ4v) is 3.00. The summed E-state index contributed by atoms with van der Waals surface area (Å²) in [6, 6.07) is 10.3. The maximum atomic E-state index is 12.7. The Balaban J connectivity index is 1.82. The Labute approximate surface area is 130 Å². The molecule has 1 aromatic carbocycles. The van der Waals surface area contributed by atoms with Gasteiger partial charge in [0, 0.05) is 19.1 Å². The molecule has 2 heterocycles. The average Bonchev–Trinajstić information content (AvgIpc) is 3.14. The van der Waals surface area contributed by atoms with Crippen LogP contribution < -0.4 is 5.73 Å². The number of carbonyl (C=O) groups excluding carboxylic acids is 1. The van der Waals surface area contributed by atoms with Gasteiger partial charge in [-0.25, -0.2) is 0 Å². The first kappa shape index (κ1) is 14.8. The molecule has 5 nitrogen and oxygen atoms in total. The number of likely N-dealkylation sites (tertiary alicyclic amines) is 1. The summed E-state index contributed by atoms with van der Waals surface area (Å²) < 4.78 is 1.93. The van der Waals surface area contributed by atoms with Gasteiger partial charge in [0.2, 0.25) is 0 Å². The van der Waals surface area contributed by atoms with Crippen LogP contribution >= 0.6 is 0 Å². The number of nitrogens with two attached hydrogens (primary N) is 1. The zero-order valence-electron chi connectivity index (χ0n) is 12.9. The number of carbonyl (C=O) groups is 1. The van der Waals surface area contributed by atoms with Crippen molar-refractivity contribution in [1.82, 2.24) is 14.7 Å². The van der Waals surface area contributed by atoms with Crippen LogP contribution in [0.5, 0.6) is 0 Å². The number of amides is 1. The summed E-state index contributed by atoms with van der Waals surface area (Å²) >= 11 is 0. The highest BCUT2D eigenvalue weighted by atomic mass is 16.2. The van der Waals surface area contributed by atoms with E-state index in [0.717, 1.165) is 25.1 Å². The summed E-state index contributed by atoms with van der Waals surface area (Å²) in [5.41, 5.74) is 8.80. The van der Waals surface area contributed by atoms with Gasteiger partial charge in [-0.3, -0.25) is 9.48 Å². The molecule has 2 aromatic rings. The van der Waals surface area contributed by atoms with Gasteiger partial charge in [-0.05, 0) is 18.4 Å². The number of hydrogen-bond acceptors (Lipinski definition) is 3. The van der Waals surface area contributed by atoms with E-state index in [1.165, 1.54) is 5.56 Å². The lowest BCUT2D eigenvalue weighted by Gasteiger charge is -2.16. The highest BCUT2D eigenvalue weighted by Gasteiger charge is 2.27. The zero-order valence-corrected chi connectivity index (χ0v) is 12.9. The molecule has 1 atom stereocenters. The van der Waals surface area contributed by atoms with Crippen molar-refractivity contribution < 1.29 is 4.79 Å². The van der Waals surface area contributed by atoms with Gasteiger partial charge in [-0.1, -0.05) is 37.3 Å². The number of nitrogens with zero attached hydrogens (tertiary/aromatic N) is 3. The third kappa shape index (κ3) is 2.90. The SMILES string of the molecule is CCc1c(C(=O)N2CCC(N)C2)cnn1Cc1ccccc1. The van der Waals surface area contributed by atoms with Crippen LogP contribution in [0.1, 0.15) is 35.0 Å². The molecule has 0 radical (unpaired) electrons. The fraction of sp³-hybridized carbons (Fsp3) is 0.412. The Bertz CT molecular complexity index is 650. The fourth-order valence-electron chi connectivity index (χ4n) is 3.00. The van der Waals surface area contributed by atoms with Crippen molar-refractivity contribution in [2.75, 3.05) is 13.1 Å². The van der Waals surface area contributed by atoms with Crippen molar-refractivity contribution >= 4 is 5.91 Å². The zero-order chi connectivity index (χ0) is 15.5. The van der Waals surface area contributed by atoms with Crippen molar-refractivity contribution in [3.63, 3.8) is 0 Å². The average molecular weight is 298 g/mol. The van der Waals surface area contributed by atoms with E-state index in [0.29, 0.717) is 18.7 Å². The smallest absolute Gasteiger partial charge is 0.257 e. The van der Waals surface area contributed by atoms with Gasteiger partial charge < -0.3 is 10.6 Å². The number of benzene rings is 1. The van der Waals surface area contributed by atoms with Crippen molar-refractivity contribution in [3.8, 4) is 0 Å². The molecule has 3 rings (SSSR count). The molecular formula is C17H22N4O. The largest absolute Gasteiger partial charge is 0.337 e. The molecule has 0 saturated carbocycles. The van der Waals surface area contributed by atoms with E-state index in [-0.39, 0.29) is 11.9 Å². The lowest BCUT2D eigenvalue weighted by atomic mass is 10.1. The third-order valence-corrected chi connectivity index (χ3v) is 4.20. The van der Waals surface area contributed by atoms with E-state index < -0.39 is 0 Å². The van der Waals surface area contributed by atoms with Crippen LogP contribution in [0.2, 0.25) is 0 Å². The molecule has 5 heteroatoms.